The Balaban J connectivity index is 2.39. The Morgan fingerprint density at radius 1 is 1.29 bits per heavy atom. The second-order valence-electron chi connectivity index (χ2n) is 4.81. The Kier molecular flexibility index (Phi) is 6.16. The van der Waals surface area contributed by atoms with Crippen LogP contribution in [-0.4, -0.2) is 35.6 Å². The van der Waals surface area contributed by atoms with Crippen molar-refractivity contribution in [2.45, 2.75) is 45.8 Å². The minimum absolute atomic E-state index is 0.579. The molecule has 2 atom stereocenters. The van der Waals surface area contributed by atoms with E-state index in [-0.39, 0.29) is 0 Å². The highest BCUT2D eigenvalue weighted by molar-refractivity contribution is 5.09. The van der Waals surface area contributed by atoms with Crippen LogP contribution < -0.4 is 5.32 Å². The van der Waals surface area contributed by atoms with E-state index >= 15 is 0 Å². The zero-order chi connectivity index (χ0) is 12.7. The van der Waals surface area contributed by atoms with Gasteiger partial charge in [0.05, 0.1) is 0 Å². The van der Waals surface area contributed by atoms with Crippen LogP contribution >= 0.6 is 0 Å². The number of pyridine rings is 1. The fraction of sp³-hybridized carbons (Fsp3) is 0.643. The van der Waals surface area contributed by atoms with Crippen LogP contribution in [0.1, 0.15) is 32.8 Å². The van der Waals surface area contributed by atoms with Gasteiger partial charge >= 0.3 is 0 Å². The highest BCUT2D eigenvalue weighted by atomic mass is 15.1. The third-order valence-corrected chi connectivity index (χ3v) is 3.18. The van der Waals surface area contributed by atoms with Gasteiger partial charge in [-0.05, 0) is 51.6 Å². The zero-order valence-corrected chi connectivity index (χ0v) is 11.5. The molecule has 1 rings (SSSR count). The predicted molar refractivity (Wildman–Crippen MR) is 72.9 cm³/mol. The van der Waals surface area contributed by atoms with E-state index in [0.717, 1.165) is 13.1 Å². The molecule has 3 nitrogen and oxygen atoms in total. The van der Waals surface area contributed by atoms with Crippen LogP contribution in [0.15, 0.2) is 24.5 Å². The van der Waals surface area contributed by atoms with Crippen molar-refractivity contribution in [2.75, 3.05) is 13.6 Å². The van der Waals surface area contributed by atoms with Crippen molar-refractivity contribution in [3.05, 3.63) is 30.1 Å². The fourth-order valence-corrected chi connectivity index (χ4v) is 2.06. The second-order valence-corrected chi connectivity index (χ2v) is 4.81. The average Bonchev–Trinajstić information content (AvgIpc) is 2.30. The normalized spacial score (nSPS) is 14.9. The maximum atomic E-state index is 4.04. The van der Waals surface area contributed by atoms with E-state index in [1.54, 1.807) is 0 Å². The molecule has 0 aromatic carbocycles. The first-order chi connectivity index (χ1) is 8.13. The number of hydrogen-bond donors (Lipinski definition) is 1. The highest BCUT2D eigenvalue weighted by Crippen LogP contribution is 2.09. The number of hydrogen-bond acceptors (Lipinski definition) is 3. The number of aromatic nitrogens is 1. The van der Waals surface area contributed by atoms with Crippen LogP contribution in [0.4, 0.5) is 0 Å². The van der Waals surface area contributed by atoms with Crippen LogP contribution in [-0.2, 0) is 6.54 Å². The average molecular weight is 235 g/mol. The van der Waals surface area contributed by atoms with Gasteiger partial charge in [0.1, 0.15) is 0 Å². The second kappa shape index (κ2) is 7.41. The number of nitrogens with zero attached hydrogens (tertiary/aromatic N) is 2. The summed E-state index contributed by atoms with van der Waals surface area (Å²) in [7, 11) is 2.18. The first-order valence-corrected chi connectivity index (χ1v) is 6.46. The minimum Gasteiger partial charge on any atom is -0.314 e. The molecule has 0 radical (unpaired) electrons. The summed E-state index contributed by atoms with van der Waals surface area (Å²) in [5.41, 5.74) is 1.32. The molecule has 0 fully saturated rings. The quantitative estimate of drug-likeness (QED) is 0.786. The van der Waals surface area contributed by atoms with Gasteiger partial charge in [0.2, 0.25) is 0 Å². The van der Waals surface area contributed by atoms with E-state index in [1.807, 2.05) is 12.4 Å². The van der Waals surface area contributed by atoms with E-state index in [2.05, 4.69) is 55.2 Å². The third kappa shape index (κ3) is 5.29. The lowest BCUT2D eigenvalue weighted by atomic mass is 10.1. The molecule has 1 heterocycles. The largest absolute Gasteiger partial charge is 0.314 e. The monoisotopic (exact) mass is 235 g/mol. The molecule has 0 spiro atoms. The van der Waals surface area contributed by atoms with E-state index < -0.39 is 0 Å². The molecule has 0 saturated carbocycles. The van der Waals surface area contributed by atoms with Crippen molar-refractivity contribution in [2.24, 2.45) is 0 Å². The molecule has 17 heavy (non-hydrogen) atoms. The Bertz CT molecular complexity index is 300. The maximum Gasteiger partial charge on any atom is 0.0271 e. The molecule has 1 N–H and O–H groups in total. The van der Waals surface area contributed by atoms with Gasteiger partial charge in [0.15, 0.2) is 0 Å². The molecule has 1 aromatic heterocycles. The van der Waals surface area contributed by atoms with Gasteiger partial charge in [-0.25, -0.2) is 0 Å². The summed E-state index contributed by atoms with van der Waals surface area (Å²) >= 11 is 0. The van der Waals surface area contributed by atoms with Crippen molar-refractivity contribution in [1.29, 1.82) is 0 Å². The van der Waals surface area contributed by atoms with Gasteiger partial charge in [-0.2, -0.15) is 0 Å². The Hall–Kier alpha value is -0.930. The summed E-state index contributed by atoms with van der Waals surface area (Å²) in [6.07, 6.45) is 4.89. The van der Waals surface area contributed by atoms with E-state index in [4.69, 9.17) is 0 Å². The van der Waals surface area contributed by atoms with Crippen molar-refractivity contribution in [3.8, 4) is 0 Å². The predicted octanol–water partition coefficient (Wildman–Crippen LogP) is 2.29. The Morgan fingerprint density at radius 2 is 1.94 bits per heavy atom. The number of nitrogens with one attached hydrogen (secondary N) is 1. The SMILES string of the molecule is CCNC(C)CC(C)N(C)Cc1ccncc1. The molecule has 1 aromatic rings. The van der Waals surface area contributed by atoms with Gasteiger partial charge in [0, 0.05) is 31.0 Å². The summed E-state index contributed by atoms with van der Waals surface area (Å²) in [5, 5.41) is 3.46. The Morgan fingerprint density at radius 3 is 2.53 bits per heavy atom. The number of rotatable bonds is 7. The molecule has 0 saturated heterocycles. The summed E-state index contributed by atoms with van der Waals surface area (Å²) in [5.74, 6) is 0. The van der Waals surface area contributed by atoms with Crippen LogP contribution in [0.2, 0.25) is 0 Å². The van der Waals surface area contributed by atoms with Crippen LogP contribution in [0.5, 0.6) is 0 Å². The lowest BCUT2D eigenvalue weighted by Crippen LogP contribution is -2.36. The van der Waals surface area contributed by atoms with E-state index in [9.17, 15) is 0 Å². The smallest absolute Gasteiger partial charge is 0.0271 e. The molecule has 0 aliphatic rings. The van der Waals surface area contributed by atoms with Gasteiger partial charge in [0.25, 0.3) is 0 Å². The first kappa shape index (κ1) is 14.1. The van der Waals surface area contributed by atoms with Crippen LogP contribution in [0.25, 0.3) is 0 Å². The van der Waals surface area contributed by atoms with Gasteiger partial charge in [-0.1, -0.05) is 6.92 Å². The molecule has 96 valence electrons. The van der Waals surface area contributed by atoms with Crippen molar-refractivity contribution in [3.63, 3.8) is 0 Å². The van der Waals surface area contributed by atoms with Crippen LogP contribution in [0.3, 0.4) is 0 Å². The van der Waals surface area contributed by atoms with Gasteiger partial charge in [-0.15, -0.1) is 0 Å². The highest BCUT2D eigenvalue weighted by Gasteiger charge is 2.12. The summed E-state index contributed by atoms with van der Waals surface area (Å²) in [6.45, 7) is 8.72. The molecular formula is C14H25N3. The molecule has 0 aliphatic heterocycles. The molecule has 0 amide bonds. The standard InChI is InChI=1S/C14H25N3/c1-5-16-12(2)10-13(3)17(4)11-14-6-8-15-9-7-14/h6-9,12-13,16H,5,10-11H2,1-4H3. The van der Waals surface area contributed by atoms with Crippen molar-refractivity contribution >= 4 is 0 Å². The maximum absolute atomic E-state index is 4.04. The van der Waals surface area contributed by atoms with E-state index in [1.165, 1.54) is 12.0 Å². The lowest BCUT2D eigenvalue weighted by molar-refractivity contribution is 0.223. The van der Waals surface area contributed by atoms with E-state index in [0.29, 0.717) is 12.1 Å². The summed E-state index contributed by atoms with van der Waals surface area (Å²) in [4.78, 5) is 6.43. The molecule has 3 heteroatoms. The first-order valence-electron chi connectivity index (χ1n) is 6.46. The van der Waals surface area contributed by atoms with Gasteiger partial charge < -0.3 is 5.32 Å². The minimum atomic E-state index is 0.579. The molecule has 0 aliphatic carbocycles. The topological polar surface area (TPSA) is 28.2 Å². The van der Waals surface area contributed by atoms with Crippen LogP contribution in [0, 0.1) is 0 Å². The Labute approximate surface area is 105 Å². The van der Waals surface area contributed by atoms with Crippen molar-refractivity contribution in [1.82, 2.24) is 15.2 Å². The lowest BCUT2D eigenvalue weighted by Gasteiger charge is -2.27. The van der Waals surface area contributed by atoms with Crippen molar-refractivity contribution < 1.29 is 0 Å². The molecular weight excluding hydrogens is 210 g/mol. The summed E-state index contributed by atoms with van der Waals surface area (Å²) in [6, 6.07) is 5.32. The molecule has 0 bridgehead atoms. The summed E-state index contributed by atoms with van der Waals surface area (Å²) < 4.78 is 0. The molecule has 2 unspecified atom stereocenters. The zero-order valence-electron chi connectivity index (χ0n) is 11.5. The fourth-order valence-electron chi connectivity index (χ4n) is 2.06. The van der Waals surface area contributed by atoms with Gasteiger partial charge in [-0.3, -0.25) is 9.88 Å². The third-order valence-electron chi connectivity index (χ3n) is 3.18.